The fourth-order valence-electron chi connectivity index (χ4n) is 6.01. The monoisotopic (exact) mass is 543 g/mol. The Balaban J connectivity index is 1.41. The highest BCUT2D eigenvalue weighted by molar-refractivity contribution is 6.15. The number of amides is 4. The topological polar surface area (TPSA) is 111 Å². The number of fused-ring (bicyclic) bond motifs is 5. The summed E-state index contributed by atoms with van der Waals surface area (Å²) in [4.78, 5) is 60.6. The van der Waals surface area contributed by atoms with Crippen molar-refractivity contribution in [1.82, 2.24) is 10.2 Å². The van der Waals surface area contributed by atoms with Crippen molar-refractivity contribution in [1.29, 1.82) is 0 Å². The number of carbonyl (C=O) groups is 4. The lowest BCUT2D eigenvalue weighted by Gasteiger charge is -2.29. The molecule has 1 aliphatic carbocycles. The van der Waals surface area contributed by atoms with E-state index in [1.807, 2.05) is 43.0 Å². The second-order valence-electron chi connectivity index (χ2n) is 11.4. The van der Waals surface area contributed by atoms with Crippen molar-refractivity contribution < 1.29 is 19.2 Å². The van der Waals surface area contributed by atoms with Crippen LogP contribution in [0.2, 0.25) is 0 Å². The molecule has 2 saturated heterocycles. The maximum absolute atomic E-state index is 14.0. The summed E-state index contributed by atoms with van der Waals surface area (Å²) in [5, 5.41) is 5.41. The van der Waals surface area contributed by atoms with Crippen LogP contribution in [0.4, 0.5) is 16.2 Å². The molecule has 210 valence electrons. The Morgan fingerprint density at radius 3 is 2.30 bits per heavy atom. The summed E-state index contributed by atoms with van der Waals surface area (Å²) < 4.78 is 0. The SMILES string of the molecule is CC(=O)c1cccc(NC(=O)NC2N=C(C(C)C)c3ccccc3N(CC(=O)N3CC4CCC(CC4)C3)C2=O)c1. The molecule has 3 fully saturated rings. The minimum Gasteiger partial charge on any atom is -0.341 e. The Morgan fingerprint density at radius 2 is 1.65 bits per heavy atom. The molecule has 3 heterocycles. The molecule has 2 aromatic rings. The van der Waals surface area contributed by atoms with Gasteiger partial charge in [-0.1, -0.05) is 44.2 Å². The highest BCUT2D eigenvalue weighted by Crippen LogP contribution is 2.34. The van der Waals surface area contributed by atoms with E-state index >= 15 is 0 Å². The van der Waals surface area contributed by atoms with Crippen molar-refractivity contribution in [3.63, 3.8) is 0 Å². The zero-order chi connectivity index (χ0) is 28.4. The molecule has 2 N–H and O–H groups in total. The molecule has 1 unspecified atom stereocenters. The van der Waals surface area contributed by atoms with Gasteiger partial charge in [0.05, 0.1) is 5.69 Å². The van der Waals surface area contributed by atoms with Crippen LogP contribution in [0.25, 0.3) is 0 Å². The minimum absolute atomic E-state index is 0.0366. The van der Waals surface area contributed by atoms with E-state index in [9.17, 15) is 19.2 Å². The van der Waals surface area contributed by atoms with Crippen LogP contribution in [0.15, 0.2) is 53.5 Å². The number of ketones is 1. The van der Waals surface area contributed by atoms with Crippen LogP contribution < -0.4 is 15.5 Å². The Kier molecular flexibility index (Phi) is 8.00. The first kappa shape index (κ1) is 27.6. The second kappa shape index (κ2) is 11.6. The van der Waals surface area contributed by atoms with Crippen LogP contribution in [-0.4, -0.2) is 60.0 Å². The van der Waals surface area contributed by atoms with Gasteiger partial charge in [0.25, 0.3) is 5.91 Å². The van der Waals surface area contributed by atoms with Gasteiger partial charge in [0, 0.05) is 35.6 Å². The van der Waals surface area contributed by atoms with Gasteiger partial charge in [-0.25, -0.2) is 4.79 Å². The summed E-state index contributed by atoms with van der Waals surface area (Å²) in [7, 11) is 0. The lowest BCUT2D eigenvalue weighted by molar-refractivity contribution is -0.132. The summed E-state index contributed by atoms with van der Waals surface area (Å²) in [6.07, 6.45) is 3.39. The van der Waals surface area contributed by atoms with Crippen LogP contribution in [0.5, 0.6) is 0 Å². The molecule has 9 nitrogen and oxygen atoms in total. The lowest BCUT2D eigenvalue weighted by Crippen LogP contribution is -2.52. The fourth-order valence-corrected chi connectivity index (χ4v) is 6.01. The number of rotatable bonds is 6. The first-order valence-electron chi connectivity index (χ1n) is 14.1. The van der Waals surface area contributed by atoms with Gasteiger partial charge < -0.3 is 15.5 Å². The number of hydrogen-bond acceptors (Lipinski definition) is 5. The highest BCUT2D eigenvalue weighted by atomic mass is 16.2. The maximum atomic E-state index is 14.0. The fraction of sp³-hybridized carbons (Fsp3) is 0.452. The largest absolute Gasteiger partial charge is 0.341 e. The molecule has 3 aliphatic heterocycles. The molecule has 40 heavy (non-hydrogen) atoms. The Bertz CT molecular complexity index is 1330. The van der Waals surface area contributed by atoms with Crippen LogP contribution in [-0.2, 0) is 9.59 Å². The van der Waals surface area contributed by atoms with Gasteiger partial charge in [-0.3, -0.25) is 24.3 Å². The van der Waals surface area contributed by atoms with E-state index < -0.39 is 18.1 Å². The van der Waals surface area contributed by atoms with Crippen LogP contribution >= 0.6 is 0 Å². The number of aliphatic imine (C=N–C) groups is 1. The first-order valence-corrected chi connectivity index (χ1v) is 14.1. The second-order valence-corrected chi connectivity index (χ2v) is 11.4. The molecule has 0 aromatic heterocycles. The van der Waals surface area contributed by atoms with E-state index in [1.54, 1.807) is 24.3 Å². The molecule has 6 rings (SSSR count). The number of para-hydroxylation sites is 1. The molecule has 4 amide bonds. The molecule has 4 aliphatic rings. The minimum atomic E-state index is -1.23. The molecule has 1 saturated carbocycles. The van der Waals surface area contributed by atoms with E-state index in [0.29, 0.717) is 34.5 Å². The first-order chi connectivity index (χ1) is 19.2. The molecular weight excluding hydrogens is 506 g/mol. The summed E-state index contributed by atoms with van der Waals surface area (Å²) in [6, 6.07) is 13.4. The predicted octanol–water partition coefficient (Wildman–Crippen LogP) is 4.48. The Morgan fingerprint density at radius 1 is 0.975 bits per heavy atom. The molecule has 0 spiro atoms. The number of urea groups is 1. The van der Waals surface area contributed by atoms with Crippen LogP contribution in [0.3, 0.4) is 0 Å². The highest BCUT2D eigenvalue weighted by Gasteiger charge is 2.37. The zero-order valence-corrected chi connectivity index (χ0v) is 23.4. The third-order valence-corrected chi connectivity index (χ3v) is 8.15. The number of benzodiazepines with no additional fused rings is 1. The zero-order valence-electron chi connectivity index (χ0n) is 23.4. The van der Waals surface area contributed by atoms with Crippen molar-refractivity contribution in [2.45, 2.75) is 52.6 Å². The number of anilines is 2. The standard InChI is InChI=1S/C31H37N5O4/c1-19(2)28-25-9-4-5-10-26(25)36(18-27(38)35-16-21-11-12-22(17-35)14-13-21)30(39)29(33-28)34-31(40)32-24-8-6-7-23(15-24)20(3)37/h4-10,15,19,21-22,29H,11-14,16-18H2,1-3H3,(H2,32,34,40). The third kappa shape index (κ3) is 5.93. The van der Waals surface area contributed by atoms with E-state index in [-0.39, 0.29) is 24.2 Å². The average molecular weight is 544 g/mol. The van der Waals surface area contributed by atoms with Gasteiger partial charge in [0.1, 0.15) is 6.54 Å². The normalized spacial score (nSPS) is 22.2. The van der Waals surface area contributed by atoms with E-state index in [0.717, 1.165) is 44.3 Å². The van der Waals surface area contributed by atoms with Gasteiger partial charge in [-0.05, 0) is 68.6 Å². The van der Waals surface area contributed by atoms with E-state index in [2.05, 4.69) is 10.6 Å². The van der Waals surface area contributed by atoms with Crippen LogP contribution in [0, 0.1) is 17.8 Å². The predicted molar refractivity (Wildman–Crippen MR) is 155 cm³/mol. The summed E-state index contributed by atoms with van der Waals surface area (Å²) in [6.45, 7) is 6.77. The third-order valence-electron chi connectivity index (χ3n) is 8.15. The molecule has 0 radical (unpaired) electrons. The van der Waals surface area contributed by atoms with Crippen LogP contribution in [0.1, 0.15) is 62.4 Å². The van der Waals surface area contributed by atoms with E-state index in [1.165, 1.54) is 11.8 Å². The number of nitrogens with zero attached hydrogens (tertiary/aromatic N) is 3. The van der Waals surface area contributed by atoms with Crippen molar-refractivity contribution in [3.05, 3.63) is 59.7 Å². The molecule has 9 heteroatoms. The van der Waals surface area contributed by atoms with Gasteiger partial charge >= 0.3 is 6.03 Å². The quantitative estimate of drug-likeness (QED) is 0.524. The smallest absolute Gasteiger partial charge is 0.321 e. The number of benzene rings is 2. The number of nitrogens with one attached hydrogen (secondary N) is 2. The van der Waals surface area contributed by atoms with Gasteiger partial charge in [-0.15, -0.1) is 0 Å². The number of carbonyl (C=O) groups excluding carboxylic acids is 4. The molecule has 1 atom stereocenters. The van der Waals surface area contributed by atoms with Crippen molar-refractivity contribution >= 4 is 40.7 Å². The van der Waals surface area contributed by atoms with Gasteiger partial charge in [0.15, 0.2) is 5.78 Å². The Hall–Kier alpha value is -4.01. The number of hydrogen-bond donors (Lipinski definition) is 2. The molecular formula is C31H37N5O4. The van der Waals surface area contributed by atoms with Crippen molar-refractivity contribution in [2.24, 2.45) is 22.7 Å². The van der Waals surface area contributed by atoms with Gasteiger partial charge in [0.2, 0.25) is 12.1 Å². The molecule has 2 bridgehead atoms. The van der Waals surface area contributed by atoms with Crippen molar-refractivity contribution in [2.75, 3.05) is 29.9 Å². The molecule has 2 aromatic carbocycles. The summed E-state index contributed by atoms with van der Waals surface area (Å²) in [5.74, 6) is 0.326. The summed E-state index contributed by atoms with van der Waals surface area (Å²) >= 11 is 0. The lowest BCUT2D eigenvalue weighted by atomic mass is 9.84. The summed E-state index contributed by atoms with van der Waals surface area (Å²) in [5.41, 5.74) is 2.95. The Labute approximate surface area is 235 Å². The van der Waals surface area contributed by atoms with Gasteiger partial charge in [-0.2, -0.15) is 0 Å². The maximum Gasteiger partial charge on any atom is 0.321 e. The van der Waals surface area contributed by atoms with E-state index in [4.69, 9.17) is 4.99 Å². The average Bonchev–Trinajstić information content (AvgIpc) is 3.32. The van der Waals surface area contributed by atoms with Crippen molar-refractivity contribution in [3.8, 4) is 0 Å². The number of Topliss-reactive ketones (excluding diaryl/α,β-unsaturated/α-hetero) is 1.